The van der Waals surface area contributed by atoms with Crippen LogP contribution in [0.3, 0.4) is 0 Å². The molecule has 124 valence electrons. The van der Waals surface area contributed by atoms with Gasteiger partial charge < -0.3 is 10.0 Å². The molecule has 2 aromatic rings. The molecule has 0 amide bonds. The number of carboxylic acids is 1. The first kappa shape index (κ1) is 15.2. The van der Waals surface area contributed by atoms with Gasteiger partial charge in [0.05, 0.1) is 5.56 Å². The maximum absolute atomic E-state index is 11.2. The van der Waals surface area contributed by atoms with Crippen LogP contribution in [0.15, 0.2) is 48.5 Å². The van der Waals surface area contributed by atoms with Crippen molar-refractivity contribution in [1.29, 1.82) is 0 Å². The summed E-state index contributed by atoms with van der Waals surface area (Å²) >= 11 is 0. The highest BCUT2D eigenvalue weighted by Crippen LogP contribution is 2.32. The molecule has 0 saturated carbocycles. The minimum Gasteiger partial charge on any atom is -0.478 e. The lowest BCUT2D eigenvalue weighted by molar-refractivity contribution is 0.0696. The Kier molecular flexibility index (Phi) is 3.98. The zero-order valence-electron chi connectivity index (χ0n) is 13.7. The molecule has 4 nitrogen and oxygen atoms in total. The standard InChI is InChI=1S/C20H22N2O2/c23-20(24)16-7-3-5-15(11-16)12-22-14-18-8-4-10-21(18)13-17-6-1-2-9-19(17)22/h1-3,5-7,9,11,18H,4,8,10,12-14H2,(H,23,24). The van der Waals surface area contributed by atoms with Crippen molar-refractivity contribution < 1.29 is 9.90 Å². The van der Waals surface area contributed by atoms with Crippen LogP contribution in [0.25, 0.3) is 0 Å². The number of benzene rings is 2. The van der Waals surface area contributed by atoms with E-state index in [-0.39, 0.29) is 0 Å². The highest BCUT2D eigenvalue weighted by Gasteiger charge is 2.30. The van der Waals surface area contributed by atoms with Crippen LogP contribution in [0.5, 0.6) is 0 Å². The first-order valence-electron chi connectivity index (χ1n) is 8.60. The molecule has 24 heavy (non-hydrogen) atoms. The van der Waals surface area contributed by atoms with Gasteiger partial charge in [0.15, 0.2) is 0 Å². The fourth-order valence-electron chi connectivity index (χ4n) is 4.01. The summed E-state index contributed by atoms with van der Waals surface area (Å²) in [6.45, 7) is 3.96. The Balaban J connectivity index is 1.66. The zero-order valence-corrected chi connectivity index (χ0v) is 13.7. The zero-order chi connectivity index (χ0) is 16.5. The van der Waals surface area contributed by atoms with Gasteiger partial charge in [-0.15, -0.1) is 0 Å². The molecule has 0 aliphatic carbocycles. The van der Waals surface area contributed by atoms with E-state index in [2.05, 4.69) is 34.1 Å². The van der Waals surface area contributed by atoms with Gasteiger partial charge in [-0.1, -0.05) is 30.3 Å². The van der Waals surface area contributed by atoms with Crippen molar-refractivity contribution in [2.75, 3.05) is 18.0 Å². The second-order valence-electron chi connectivity index (χ2n) is 6.78. The van der Waals surface area contributed by atoms with Crippen LogP contribution in [0.1, 0.15) is 34.3 Å². The average Bonchev–Trinajstić information content (AvgIpc) is 2.96. The number of carboxylic acid groups (broad SMARTS) is 1. The number of carbonyl (C=O) groups is 1. The van der Waals surface area contributed by atoms with E-state index in [1.807, 2.05) is 12.1 Å². The van der Waals surface area contributed by atoms with E-state index in [0.717, 1.165) is 25.2 Å². The van der Waals surface area contributed by atoms with Crippen molar-refractivity contribution in [3.63, 3.8) is 0 Å². The van der Waals surface area contributed by atoms with Crippen LogP contribution in [0.4, 0.5) is 5.69 Å². The molecule has 2 heterocycles. The molecule has 0 spiro atoms. The molecule has 4 heteroatoms. The molecule has 1 N–H and O–H groups in total. The number of hydrogen-bond donors (Lipinski definition) is 1. The van der Waals surface area contributed by atoms with E-state index in [4.69, 9.17) is 0 Å². The molecule has 2 aromatic carbocycles. The first-order valence-corrected chi connectivity index (χ1v) is 8.60. The van der Waals surface area contributed by atoms with E-state index in [0.29, 0.717) is 11.6 Å². The van der Waals surface area contributed by atoms with E-state index in [1.54, 1.807) is 12.1 Å². The summed E-state index contributed by atoms with van der Waals surface area (Å²) in [5.74, 6) is -0.866. The van der Waals surface area contributed by atoms with Crippen LogP contribution >= 0.6 is 0 Å². The highest BCUT2D eigenvalue weighted by molar-refractivity contribution is 5.87. The summed E-state index contributed by atoms with van der Waals surface area (Å²) in [5.41, 5.74) is 4.07. The third kappa shape index (κ3) is 2.89. The van der Waals surface area contributed by atoms with Gasteiger partial charge in [0.1, 0.15) is 0 Å². The fourth-order valence-corrected chi connectivity index (χ4v) is 4.01. The first-order chi connectivity index (χ1) is 11.7. The number of aromatic carboxylic acids is 1. The van der Waals surface area contributed by atoms with E-state index < -0.39 is 5.97 Å². The maximum atomic E-state index is 11.2. The van der Waals surface area contributed by atoms with Crippen molar-refractivity contribution in [3.05, 3.63) is 65.2 Å². The lowest BCUT2D eigenvalue weighted by atomic mass is 10.1. The van der Waals surface area contributed by atoms with Gasteiger partial charge in [-0.25, -0.2) is 4.79 Å². The molecule has 0 aromatic heterocycles. The number of fused-ring (bicyclic) bond motifs is 2. The monoisotopic (exact) mass is 322 g/mol. The average molecular weight is 322 g/mol. The van der Waals surface area contributed by atoms with E-state index >= 15 is 0 Å². The number of anilines is 1. The lowest BCUT2D eigenvalue weighted by Crippen LogP contribution is -2.36. The highest BCUT2D eigenvalue weighted by atomic mass is 16.4. The molecule has 0 bridgehead atoms. The largest absolute Gasteiger partial charge is 0.478 e. The second kappa shape index (κ2) is 6.29. The Morgan fingerprint density at radius 3 is 2.92 bits per heavy atom. The summed E-state index contributed by atoms with van der Waals surface area (Å²) < 4.78 is 0. The van der Waals surface area contributed by atoms with Crippen LogP contribution in [-0.2, 0) is 13.1 Å². The number of para-hydroxylation sites is 1. The number of hydrogen-bond acceptors (Lipinski definition) is 3. The van der Waals surface area contributed by atoms with Crippen molar-refractivity contribution in [1.82, 2.24) is 4.90 Å². The SMILES string of the molecule is O=C(O)c1cccc(CN2CC3CCCN3Cc3ccccc32)c1. The minimum absolute atomic E-state index is 0.359. The molecular weight excluding hydrogens is 300 g/mol. The van der Waals surface area contributed by atoms with Crippen molar-refractivity contribution in [2.24, 2.45) is 0 Å². The van der Waals surface area contributed by atoms with Gasteiger partial charge in [-0.2, -0.15) is 0 Å². The fraction of sp³-hybridized carbons (Fsp3) is 0.350. The maximum Gasteiger partial charge on any atom is 0.335 e. The Bertz CT molecular complexity index is 759. The Morgan fingerprint density at radius 2 is 2.04 bits per heavy atom. The van der Waals surface area contributed by atoms with E-state index in [1.165, 1.54) is 30.6 Å². The molecule has 1 atom stereocenters. The Labute approximate surface area is 142 Å². The van der Waals surface area contributed by atoms with E-state index in [9.17, 15) is 9.90 Å². The normalized spacial score (nSPS) is 20.3. The second-order valence-corrected chi connectivity index (χ2v) is 6.78. The summed E-state index contributed by atoms with van der Waals surface area (Å²) in [5, 5.41) is 9.22. The van der Waals surface area contributed by atoms with Gasteiger partial charge >= 0.3 is 5.97 Å². The molecule has 1 fully saturated rings. The quantitative estimate of drug-likeness (QED) is 0.941. The lowest BCUT2D eigenvalue weighted by Gasteiger charge is -2.28. The van der Waals surface area contributed by atoms with Crippen molar-refractivity contribution >= 4 is 11.7 Å². The van der Waals surface area contributed by atoms with Crippen LogP contribution in [0, 0.1) is 0 Å². The molecular formula is C20H22N2O2. The van der Waals surface area contributed by atoms with Gasteiger partial charge in [0.25, 0.3) is 0 Å². The van der Waals surface area contributed by atoms with Crippen LogP contribution in [0.2, 0.25) is 0 Å². The van der Waals surface area contributed by atoms with Gasteiger partial charge in [-0.3, -0.25) is 4.90 Å². The third-order valence-electron chi connectivity index (χ3n) is 5.18. The van der Waals surface area contributed by atoms with Gasteiger partial charge in [-0.05, 0) is 48.7 Å². The predicted octanol–water partition coefficient (Wildman–Crippen LogP) is 3.37. The minimum atomic E-state index is -0.866. The van der Waals surface area contributed by atoms with Crippen LogP contribution < -0.4 is 4.90 Å². The van der Waals surface area contributed by atoms with Crippen molar-refractivity contribution in [3.8, 4) is 0 Å². The van der Waals surface area contributed by atoms with Crippen molar-refractivity contribution in [2.45, 2.75) is 32.0 Å². The summed E-state index contributed by atoms with van der Waals surface area (Å²) in [6.07, 6.45) is 2.52. The molecule has 2 aliphatic heterocycles. The molecule has 1 saturated heterocycles. The van der Waals surface area contributed by atoms with Gasteiger partial charge in [0, 0.05) is 31.4 Å². The Hall–Kier alpha value is -2.33. The Morgan fingerprint density at radius 1 is 1.17 bits per heavy atom. The third-order valence-corrected chi connectivity index (χ3v) is 5.18. The number of nitrogens with zero attached hydrogens (tertiary/aromatic N) is 2. The van der Waals surface area contributed by atoms with Gasteiger partial charge in [0.2, 0.25) is 0 Å². The summed E-state index contributed by atoms with van der Waals surface area (Å²) in [7, 11) is 0. The predicted molar refractivity (Wildman–Crippen MR) is 94.3 cm³/mol. The summed E-state index contributed by atoms with van der Waals surface area (Å²) in [4.78, 5) is 16.2. The molecule has 2 aliphatic rings. The summed E-state index contributed by atoms with van der Waals surface area (Å²) in [6, 6.07) is 16.5. The molecule has 4 rings (SSSR count). The smallest absolute Gasteiger partial charge is 0.335 e. The number of rotatable bonds is 3. The van der Waals surface area contributed by atoms with Crippen LogP contribution in [-0.4, -0.2) is 35.1 Å². The molecule has 0 radical (unpaired) electrons. The topological polar surface area (TPSA) is 43.8 Å². The molecule has 1 unspecified atom stereocenters.